The first kappa shape index (κ1) is 18.1. The number of anilines is 1. The molecule has 0 spiro atoms. The predicted octanol–water partition coefficient (Wildman–Crippen LogP) is 1.77. The normalized spacial score (nSPS) is 20.0. The zero-order valence-electron chi connectivity index (χ0n) is 15.0. The van der Waals surface area contributed by atoms with E-state index in [1.165, 1.54) is 17.0 Å². The van der Waals surface area contributed by atoms with Crippen molar-refractivity contribution in [1.82, 2.24) is 20.0 Å². The summed E-state index contributed by atoms with van der Waals surface area (Å²) in [4.78, 5) is 28.4. The van der Waals surface area contributed by atoms with Crippen LogP contribution < -0.4 is 5.32 Å². The van der Waals surface area contributed by atoms with Gasteiger partial charge in [0.15, 0.2) is 5.82 Å². The van der Waals surface area contributed by atoms with Crippen molar-refractivity contribution in [3.8, 4) is 0 Å². The van der Waals surface area contributed by atoms with E-state index >= 15 is 0 Å². The number of H-pyrrole nitrogens is 1. The van der Waals surface area contributed by atoms with Crippen LogP contribution in [0.4, 0.5) is 10.2 Å². The molecule has 8 heteroatoms. The lowest BCUT2D eigenvalue weighted by molar-refractivity contribution is -0.128. The molecule has 26 heavy (non-hydrogen) atoms. The number of halogens is 1. The number of benzene rings is 1. The van der Waals surface area contributed by atoms with Crippen molar-refractivity contribution < 1.29 is 14.0 Å². The number of aromatic amines is 1. The van der Waals surface area contributed by atoms with Crippen molar-refractivity contribution in [1.29, 1.82) is 0 Å². The molecule has 3 rings (SSSR count). The van der Waals surface area contributed by atoms with Crippen LogP contribution in [-0.2, 0) is 16.1 Å². The minimum absolute atomic E-state index is 0.0818. The van der Waals surface area contributed by atoms with E-state index < -0.39 is 17.8 Å². The highest BCUT2D eigenvalue weighted by molar-refractivity contribution is 5.97. The zero-order chi connectivity index (χ0) is 18.8. The molecule has 1 aromatic carbocycles. The highest BCUT2D eigenvalue weighted by Gasteiger charge is 2.42. The number of likely N-dealkylation sites (tertiary alicyclic amines) is 1. The molecule has 0 saturated carbocycles. The largest absolute Gasteiger partial charge is 0.338 e. The van der Waals surface area contributed by atoms with E-state index in [9.17, 15) is 14.0 Å². The van der Waals surface area contributed by atoms with Gasteiger partial charge in [0.1, 0.15) is 5.82 Å². The van der Waals surface area contributed by atoms with Crippen molar-refractivity contribution in [2.24, 2.45) is 5.92 Å². The highest BCUT2D eigenvalue weighted by atomic mass is 19.1. The quantitative estimate of drug-likeness (QED) is 0.853. The molecule has 2 aromatic rings. The van der Waals surface area contributed by atoms with Gasteiger partial charge in [0, 0.05) is 26.1 Å². The Bertz CT molecular complexity index is 819. The summed E-state index contributed by atoms with van der Waals surface area (Å²) >= 11 is 0. The SMILES string of the molecule is CN(C)Cc1cc(NC(=O)C2CC(=O)N(C)C2c2cccc(F)c2)n[nH]1. The number of nitrogens with one attached hydrogen (secondary N) is 2. The number of rotatable bonds is 5. The fourth-order valence-corrected chi connectivity index (χ4v) is 3.32. The molecule has 1 aliphatic rings. The molecule has 0 aliphatic carbocycles. The monoisotopic (exact) mass is 359 g/mol. The summed E-state index contributed by atoms with van der Waals surface area (Å²) in [7, 11) is 5.50. The zero-order valence-corrected chi connectivity index (χ0v) is 15.0. The predicted molar refractivity (Wildman–Crippen MR) is 94.6 cm³/mol. The number of hydrogen-bond acceptors (Lipinski definition) is 4. The van der Waals surface area contributed by atoms with E-state index in [1.807, 2.05) is 19.0 Å². The third-order valence-corrected chi connectivity index (χ3v) is 4.48. The average Bonchev–Trinajstić information content (AvgIpc) is 3.11. The summed E-state index contributed by atoms with van der Waals surface area (Å²) in [6, 6.07) is 7.27. The van der Waals surface area contributed by atoms with Crippen LogP contribution in [0, 0.1) is 11.7 Å². The molecule has 2 atom stereocenters. The van der Waals surface area contributed by atoms with Crippen LogP contribution in [0.3, 0.4) is 0 Å². The van der Waals surface area contributed by atoms with Gasteiger partial charge >= 0.3 is 0 Å². The summed E-state index contributed by atoms with van der Waals surface area (Å²) in [5.41, 5.74) is 1.47. The Morgan fingerprint density at radius 3 is 2.88 bits per heavy atom. The van der Waals surface area contributed by atoms with E-state index in [4.69, 9.17) is 0 Å². The van der Waals surface area contributed by atoms with Gasteiger partial charge in [-0.25, -0.2) is 4.39 Å². The van der Waals surface area contributed by atoms with Gasteiger partial charge in [0.25, 0.3) is 0 Å². The van der Waals surface area contributed by atoms with Crippen molar-refractivity contribution >= 4 is 17.6 Å². The topological polar surface area (TPSA) is 81.3 Å². The lowest BCUT2D eigenvalue weighted by Crippen LogP contribution is -2.30. The molecule has 0 radical (unpaired) electrons. The summed E-state index contributed by atoms with van der Waals surface area (Å²) in [6.07, 6.45) is 0.0818. The number of aromatic nitrogens is 2. The number of nitrogens with zero attached hydrogens (tertiary/aromatic N) is 3. The molecule has 2 amide bonds. The summed E-state index contributed by atoms with van der Waals surface area (Å²) in [5, 5.41) is 9.72. The maximum absolute atomic E-state index is 13.6. The summed E-state index contributed by atoms with van der Waals surface area (Å²) < 4.78 is 13.6. The Kier molecular flexibility index (Phi) is 5.03. The van der Waals surface area contributed by atoms with Crippen LogP contribution >= 0.6 is 0 Å². The van der Waals surface area contributed by atoms with Gasteiger partial charge in [-0.05, 0) is 31.8 Å². The van der Waals surface area contributed by atoms with Crippen LogP contribution in [0.1, 0.15) is 23.7 Å². The molecule has 1 saturated heterocycles. The van der Waals surface area contributed by atoms with Gasteiger partial charge in [-0.2, -0.15) is 5.10 Å². The lowest BCUT2D eigenvalue weighted by Gasteiger charge is -2.24. The fraction of sp³-hybridized carbons (Fsp3) is 0.389. The second-order valence-corrected chi connectivity index (χ2v) is 6.82. The Balaban J connectivity index is 1.78. The van der Waals surface area contributed by atoms with Crippen LogP contribution in [0.25, 0.3) is 0 Å². The van der Waals surface area contributed by atoms with Crippen molar-refractivity contribution in [2.75, 3.05) is 26.5 Å². The first-order valence-electron chi connectivity index (χ1n) is 8.36. The Morgan fingerprint density at radius 2 is 2.19 bits per heavy atom. The van der Waals surface area contributed by atoms with E-state index in [2.05, 4.69) is 15.5 Å². The molecule has 0 bridgehead atoms. The molecular formula is C18H22FN5O2. The second kappa shape index (κ2) is 7.25. The highest BCUT2D eigenvalue weighted by Crippen LogP contribution is 2.37. The van der Waals surface area contributed by atoms with Gasteiger partial charge in [-0.1, -0.05) is 12.1 Å². The third kappa shape index (κ3) is 3.75. The van der Waals surface area contributed by atoms with E-state index in [0.717, 1.165) is 5.69 Å². The standard InChI is InChI=1S/C18H22FN5O2/c1-23(2)10-13-8-15(22-21-13)20-18(26)14-9-16(25)24(3)17(14)11-5-4-6-12(19)7-11/h4-8,14,17H,9-10H2,1-3H3,(H2,20,21,22,26). The first-order valence-corrected chi connectivity index (χ1v) is 8.36. The number of carbonyl (C=O) groups is 2. The lowest BCUT2D eigenvalue weighted by atomic mass is 9.93. The second-order valence-electron chi connectivity index (χ2n) is 6.82. The third-order valence-electron chi connectivity index (χ3n) is 4.48. The molecule has 7 nitrogen and oxygen atoms in total. The molecule has 2 N–H and O–H groups in total. The van der Waals surface area contributed by atoms with Gasteiger partial charge in [-0.3, -0.25) is 14.7 Å². The molecule has 2 unspecified atom stereocenters. The number of hydrogen-bond donors (Lipinski definition) is 2. The smallest absolute Gasteiger partial charge is 0.231 e. The Labute approximate surface area is 151 Å². The average molecular weight is 359 g/mol. The molecule has 1 fully saturated rings. The minimum Gasteiger partial charge on any atom is -0.338 e. The molecule has 1 aromatic heterocycles. The van der Waals surface area contributed by atoms with E-state index in [0.29, 0.717) is 17.9 Å². The summed E-state index contributed by atoms with van der Waals surface area (Å²) in [6.45, 7) is 0.666. The molecule has 1 aliphatic heterocycles. The summed E-state index contributed by atoms with van der Waals surface area (Å²) in [5.74, 6) is -1.04. The van der Waals surface area contributed by atoms with Gasteiger partial charge < -0.3 is 15.1 Å². The van der Waals surface area contributed by atoms with Gasteiger partial charge in [-0.15, -0.1) is 0 Å². The molecule has 138 valence electrons. The van der Waals surface area contributed by atoms with Crippen LogP contribution in [0.2, 0.25) is 0 Å². The Morgan fingerprint density at radius 1 is 1.42 bits per heavy atom. The Hall–Kier alpha value is -2.74. The van der Waals surface area contributed by atoms with Crippen molar-refractivity contribution in [2.45, 2.75) is 19.0 Å². The van der Waals surface area contributed by atoms with Crippen LogP contribution in [-0.4, -0.2) is 53.0 Å². The number of carbonyl (C=O) groups excluding carboxylic acids is 2. The van der Waals surface area contributed by atoms with E-state index in [1.54, 1.807) is 25.2 Å². The van der Waals surface area contributed by atoms with Gasteiger partial charge in [0.2, 0.25) is 11.8 Å². The first-order chi connectivity index (χ1) is 12.3. The van der Waals surface area contributed by atoms with Crippen molar-refractivity contribution in [3.63, 3.8) is 0 Å². The number of amides is 2. The molecular weight excluding hydrogens is 337 g/mol. The van der Waals surface area contributed by atoms with Crippen LogP contribution in [0.15, 0.2) is 30.3 Å². The van der Waals surface area contributed by atoms with Crippen LogP contribution in [0.5, 0.6) is 0 Å². The minimum atomic E-state index is -0.608. The maximum atomic E-state index is 13.6. The van der Waals surface area contributed by atoms with E-state index in [-0.39, 0.29) is 18.2 Å². The van der Waals surface area contributed by atoms with Gasteiger partial charge in [0.05, 0.1) is 17.7 Å². The van der Waals surface area contributed by atoms with Crippen molar-refractivity contribution in [3.05, 3.63) is 47.4 Å². The molecule has 2 heterocycles. The maximum Gasteiger partial charge on any atom is 0.231 e. The fourth-order valence-electron chi connectivity index (χ4n) is 3.32.